The number of hydrogen-bond donors (Lipinski definition) is 2. The van der Waals surface area contributed by atoms with E-state index in [0.29, 0.717) is 5.91 Å². The smallest absolute Gasteiger partial charge is 0.225 e. The number of nitrogens with one attached hydrogen (secondary N) is 2. The first-order chi connectivity index (χ1) is 12.2. The van der Waals surface area contributed by atoms with Gasteiger partial charge >= 0.3 is 0 Å². The summed E-state index contributed by atoms with van der Waals surface area (Å²) in [5.74, 6) is 1.43. The molecule has 26 heavy (non-hydrogen) atoms. The van der Waals surface area contributed by atoms with Gasteiger partial charge in [0.2, 0.25) is 5.91 Å². The van der Waals surface area contributed by atoms with Crippen molar-refractivity contribution < 1.29 is 4.79 Å². The topological polar surface area (TPSA) is 69.6 Å². The highest BCUT2D eigenvalue weighted by Crippen LogP contribution is 2.26. The number of aryl methyl sites for hydroxylation is 1. The number of amides is 1. The molecule has 0 radical (unpaired) electrons. The minimum absolute atomic E-state index is 0. The Balaban J connectivity index is 0.00000243. The van der Waals surface area contributed by atoms with Crippen LogP contribution in [0.1, 0.15) is 49.1 Å². The first-order valence-electron chi connectivity index (χ1n) is 9.32. The second kappa shape index (κ2) is 10.4. The predicted octanol–water partition coefficient (Wildman–Crippen LogP) is 2.92. The highest BCUT2D eigenvalue weighted by molar-refractivity contribution is 14.0. The molecule has 0 aromatic carbocycles. The number of aliphatic imine (C=N–C) groups is 1. The van der Waals surface area contributed by atoms with Gasteiger partial charge in [0.1, 0.15) is 0 Å². The zero-order valence-corrected chi connectivity index (χ0v) is 18.8. The number of likely N-dealkylation sites (tertiary alicyclic amines) is 1. The molecular weight excluding hydrogens is 461 g/mol. The van der Waals surface area contributed by atoms with Gasteiger partial charge in [-0.25, -0.2) is 4.98 Å². The largest absolute Gasteiger partial charge is 0.352 e. The fourth-order valence-electron chi connectivity index (χ4n) is 3.73. The van der Waals surface area contributed by atoms with Gasteiger partial charge in [-0.2, -0.15) is 0 Å². The number of hydrogen-bond acceptors (Lipinski definition) is 4. The van der Waals surface area contributed by atoms with E-state index in [9.17, 15) is 4.79 Å². The van der Waals surface area contributed by atoms with Crippen LogP contribution in [0.3, 0.4) is 0 Å². The quantitative estimate of drug-likeness (QED) is 0.386. The fraction of sp³-hybridized carbons (Fsp3) is 0.722. The number of guanidine groups is 1. The molecule has 1 saturated heterocycles. The number of carbonyl (C=O) groups is 1. The van der Waals surface area contributed by atoms with E-state index in [0.717, 1.165) is 50.6 Å². The molecule has 1 saturated carbocycles. The molecule has 1 aliphatic heterocycles. The van der Waals surface area contributed by atoms with E-state index in [4.69, 9.17) is 0 Å². The minimum atomic E-state index is 0. The first-order valence-corrected chi connectivity index (χ1v) is 10.2. The van der Waals surface area contributed by atoms with Crippen LogP contribution < -0.4 is 10.6 Å². The highest BCUT2D eigenvalue weighted by Gasteiger charge is 2.31. The molecule has 0 bridgehead atoms. The van der Waals surface area contributed by atoms with Gasteiger partial charge in [0, 0.05) is 37.0 Å². The normalized spacial score (nSPS) is 21.4. The lowest BCUT2D eigenvalue weighted by molar-refractivity contribution is -0.135. The number of thiazole rings is 1. The van der Waals surface area contributed by atoms with Gasteiger partial charge in [-0.1, -0.05) is 19.3 Å². The van der Waals surface area contributed by atoms with Crippen LogP contribution in [0, 0.1) is 12.8 Å². The van der Waals surface area contributed by atoms with E-state index in [-0.39, 0.29) is 35.9 Å². The maximum absolute atomic E-state index is 12.7. The second-order valence-corrected chi connectivity index (χ2v) is 7.98. The summed E-state index contributed by atoms with van der Waals surface area (Å²) in [4.78, 5) is 24.5. The number of halogens is 1. The van der Waals surface area contributed by atoms with Crippen LogP contribution >= 0.6 is 35.3 Å². The van der Waals surface area contributed by atoms with Crippen molar-refractivity contribution in [3.63, 3.8) is 0 Å². The molecule has 2 heterocycles. The number of carbonyl (C=O) groups excluding carboxylic acids is 1. The second-order valence-electron chi connectivity index (χ2n) is 7.04. The van der Waals surface area contributed by atoms with Crippen molar-refractivity contribution in [2.24, 2.45) is 10.9 Å². The SMILES string of the molecule is CN=C(NCc1scnc1C)NC1CCN(C(=O)C2CCCCC2)C1.I. The molecular formula is C18H30IN5OS. The number of nitrogens with zero attached hydrogens (tertiary/aromatic N) is 3. The van der Waals surface area contributed by atoms with Crippen molar-refractivity contribution in [3.8, 4) is 0 Å². The zero-order chi connectivity index (χ0) is 17.6. The highest BCUT2D eigenvalue weighted by atomic mass is 127. The van der Waals surface area contributed by atoms with Crippen LogP contribution in [0.25, 0.3) is 0 Å². The molecule has 1 aromatic heterocycles. The Hall–Kier alpha value is -0.900. The van der Waals surface area contributed by atoms with Gasteiger partial charge in [-0.3, -0.25) is 9.79 Å². The van der Waals surface area contributed by atoms with Crippen LogP contribution in [-0.2, 0) is 11.3 Å². The van der Waals surface area contributed by atoms with Crippen LogP contribution in [0.4, 0.5) is 0 Å². The summed E-state index contributed by atoms with van der Waals surface area (Å²) in [5.41, 5.74) is 2.94. The van der Waals surface area contributed by atoms with Crippen LogP contribution in [0.15, 0.2) is 10.5 Å². The van der Waals surface area contributed by atoms with Gasteiger partial charge in [0.05, 0.1) is 17.7 Å². The summed E-state index contributed by atoms with van der Waals surface area (Å²) < 4.78 is 0. The molecule has 1 aliphatic carbocycles. The van der Waals surface area contributed by atoms with Gasteiger partial charge < -0.3 is 15.5 Å². The lowest BCUT2D eigenvalue weighted by atomic mass is 9.88. The average molecular weight is 491 g/mol. The molecule has 2 N–H and O–H groups in total. The van der Waals surface area contributed by atoms with E-state index in [1.807, 2.05) is 17.3 Å². The summed E-state index contributed by atoms with van der Waals surface area (Å²) in [6.45, 7) is 4.40. The third-order valence-corrected chi connectivity index (χ3v) is 6.22. The summed E-state index contributed by atoms with van der Waals surface area (Å²) in [5, 5.41) is 6.82. The Kier molecular flexibility index (Phi) is 8.59. The van der Waals surface area contributed by atoms with E-state index in [1.165, 1.54) is 24.1 Å². The lowest BCUT2D eigenvalue weighted by Gasteiger charge is -2.26. The van der Waals surface area contributed by atoms with Gasteiger partial charge in [0.25, 0.3) is 0 Å². The lowest BCUT2D eigenvalue weighted by Crippen LogP contribution is -2.45. The summed E-state index contributed by atoms with van der Waals surface area (Å²) >= 11 is 1.66. The molecule has 0 spiro atoms. The molecule has 1 aromatic rings. The molecule has 8 heteroatoms. The Morgan fingerprint density at radius 3 is 2.77 bits per heavy atom. The maximum Gasteiger partial charge on any atom is 0.225 e. The van der Waals surface area contributed by atoms with Crippen molar-refractivity contribution in [1.29, 1.82) is 0 Å². The molecule has 2 aliphatic rings. The van der Waals surface area contributed by atoms with Crippen LogP contribution in [0.5, 0.6) is 0 Å². The molecule has 6 nitrogen and oxygen atoms in total. The van der Waals surface area contributed by atoms with Crippen molar-refractivity contribution >= 4 is 47.2 Å². The van der Waals surface area contributed by atoms with Gasteiger partial charge in [0.15, 0.2) is 5.96 Å². The summed E-state index contributed by atoms with van der Waals surface area (Å²) in [6.07, 6.45) is 6.84. The molecule has 1 amide bonds. The molecule has 2 fully saturated rings. The fourth-order valence-corrected chi connectivity index (χ4v) is 4.45. The standard InChI is InChI=1S/C18H29N5OS.HI/c1-13-16(25-12-21-13)10-20-18(19-2)22-15-8-9-23(11-15)17(24)14-6-4-3-5-7-14;/h12,14-15H,3-11H2,1-2H3,(H2,19,20,22);1H. The third kappa shape index (κ3) is 5.55. The molecule has 3 rings (SSSR count). The monoisotopic (exact) mass is 491 g/mol. The van der Waals surface area contributed by atoms with Gasteiger partial charge in [-0.05, 0) is 26.2 Å². The Bertz CT molecular complexity index is 614. The predicted molar refractivity (Wildman–Crippen MR) is 117 cm³/mol. The number of rotatable bonds is 4. The van der Waals surface area contributed by atoms with E-state index in [1.54, 1.807) is 18.4 Å². The molecule has 1 unspecified atom stereocenters. The van der Waals surface area contributed by atoms with Crippen LogP contribution in [0.2, 0.25) is 0 Å². The average Bonchev–Trinajstić information content (AvgIpc) is 3.27. The first kappa shape index (κ1) is 21.4. The van der Waals surface area contributed by atoms with Gasteiger partial charge in [-0.15, -0.1) is 35.3 Å². The molecule has 146 valence electrons. The third-order valence-electron chi connectivity index (χ3n) is 5.28. The maximum atomic E-state index is 12.7. The minimum Gasteiger partial charge on any atom is -0.352 e. The Labute approximate surface area is 177 Å². The number of aromatic nitrogens is 1. The zero-order valence-electron chi connectivity index (χ0n) is 15.7. The van der Waals surface area contributed by atoms with Crippen molar-refractivity contribution in [1.82, 2.24) is 20.5 Å². The Morgan fingerprint density at radius 1 is 1.35 bits per heavy atom. The van der Waals surface area contributed by atoms with E-state index in [2.05, 4.69) is 20.6 Å². The summed E-state index contributed by atoms with van der Waals surface area (Å²) in [6, 6.07) is 0.279. The molecule has 1 atom stereocenters. The van der Waals surface area contributed by atoms with Crippen molar-refractivity contribution in [3.05, 3.63) is 16.1 Å². The summed E-state index contributed by atoms with van der Waals surface area (Å²) in [7, 11) is 1.79. The van der Waals surface area contributed by atoms with E-state index >= 15 is 0 Å². The van der Waals surface area contributed by atoms with Crippen LogP contribution in [-0.4, -0.2) is 47.9 Å². The van der Waals surface area contributed by atoms with Crippen molar-refractivity contribution in [2.45, 2.75) is 58.0 Å². The Morgan fingerprint density at radius 2 is 2.12 bits per heavy atom. The van der Waals surface area contributed by atoms with E-state index < -0.39 is 0 Å². The van der Waals surface area contributed by atoms with Crippen molar-refractivity contribution in [2.75, 3.05) is 20.1 Å².